The molecule has 1 amide bonds. The van der Waals surface area contributed by atoms with Crippen LogP contribution in [0.5, 0.6) is 0 Å². The van der Waals surface area contributed by atoms with E-state index in [2.05, 4.69) is 37.4 Å². The lowest BCUT2D eigenvalue weighted by Gasteiger charge is -2.59. The smallest absolute Gasteiger partial charge is 0.243 e. The van der Waals surface area contributed by atoms with Crippen LogP contribution in [0.3, 0.4) is 0 Å². The molecule has 0 saturated heterocycles. The van der Waals surface area contributed by atoms with Crippen LogP contribution in [0.2, 0.25) is 0 Å². The lowest BCUT2D eigenvalue weighted by molar-refractivity contribution is -0.123. The number of benzene rings is 1. The monoisotopic (exact) mass is 379 g/mol. The van der Waals surface area contributed by atoms with E-state index in [9.17, 15) is 9.90 Å². The van der Waals surface area contributed by atoms with Gasteiger partial charge in [-0.05, 0) is 79.3 Å². The van der Waals surface area contributed by atoms with E-state index in [-0.39, 0.29) is 22.8 Å². The lowest BCUT2D eigenvalue weighted by atomic mass is 9.47. The number of aliphatic hydroxyl groups excluding tert-OH is 1. The first-order chi connectivity index (χ1) is 13.4. The zero-order valence-corrected chi connectivity index (χ0v) is 17.1. The van der Waals surface area contributed by atoms with Gasteiger partial charge in [0.05, 0.1) is 6.10 Å². The van der Waals surface area contributed by atoms with Crippen LogP contribution in [0.1, 0.15) is 64.0 Å². The summed E-state index contributed by atoms with van der Waals surface area (Å²) in [6.07, 6.45) is 10.7. The predicted molar refractivity (Wildman–Crippen MR) is 110 cm³/mol. The quantitative estimate of drug-likeness (QED) is 0.787. The maximum Gasteiger partial charge on any atom is 0.243 e. The Hall–Kier alpha value is -1.61. The van der Waals surface area contributed by atoms with Gasteiger partial charge < -0.3 is 10.4 Å². The first-order valence-corrected chi connectivity index (χ1v) is 11.2. The number of hydrogen-bond acceptors (Lipinski definition) is 2. The molecule has 2 N–H and O–H groups in total. The Balaban J connectivity index is 1.43. The van der Waals surface area contributed by atoms with Crippen LogP contribution in [0.4, 0.5) is 0 Å². The molecule has 1 aromatic carbocycles. The van der Waals surface area contributed by atoms with Crippen LogP contribution < -0.4 is 5.32 Å². The number of hydrogen-bond donors (Lipinski definition) is 2. The minimum Gasteiger partial charge on any atom is -0.388 e. The van der Waals surface area contributed by atoms with Crippen molar-refractivity contribution in [2.75, 3.05) is 0 Å². The third-order valence-corrected chi connectivity index (χ3v) is 9.28. The molecular formula is C25H33NO2. The molecule has 150 valence electrons. The minimum absolute atomic E-state index is 0.0773. The Labute approximate surface area is 168 Å². The number of aliphatic hydroxyl groups is 1. The molecule has 0 aromatic heterocycles. The average Bonchev–Trinajstić information content (AvgIpc) is 3.06. The average molecular weight is 380 g/mol. The van der Waals surface area contributed by atoms with Crippen molar-refractivity contribution in [2.24, 2.45) is 34.5 Å². The first-order valence-electron chi connectivity index (χ1n) is 11.2. The normalized spacial score (nSPS) is 45.5. The molecule has 28 heavy (non-hydrogen) atoms. The summed E-state index contributed by atoms with van der Waals surface area (Å²) in [5, 5.41) is 14.5. The summed E-state index contributed by atoms with van der Waals surface area (Å²) in [4.78, 5) is 11.9. The van der Waals surface area contributed by atoms with Gasteiger partial charge in [0.2, 0.25) is 5.91 Å². The molecule has 3 nitrogen and oxygen atoms in total. The molecule has 3 aliphatic carbocycles. The fourth-order valence-electron chi connectivity index (χ4n) is 7.78. The number of rotatable bonds is 2. The second-order valence-corrected chi connectivity index (χ2v) is 10.3. The standard InChI is InChI=1S/C25H33NO2/c1-24-14-12-19-17(8-11-21-25(19,2)15-13-22(27)26-21)18(24)9-10-20(24)23(28)16-6-4-3-5-7-16/h3-7,13,15,17-21,23,28H,8-12,14H2,1-2H3,(H,26,27)/t17-,18-,19-,20+,21+,23-,24-,25+/m0/s1. The zero-order chi connectivity index (χ0) is 19.5. The van der Waals surface area contributed by atoms with Gasteiger partial charge in [-0.25, -0.2) is 0 Å². The maximum absolute atomic E-state index is 11.9. The molecular weight excluding hydrogens is 346 g/mol. The molecule has 0 bridgehead atoms. The molecule has 4 aliphatic rings. The Kier molecular flexibility index (Phi) is 4.24. The Morgan fingerprint density at radius 1 is 1.04 bits per heavy atom. The van der Waals surface area contributed by atoms with E-state index in [4.69, 9.17) is 0 Å². The molecule has 8 atom stereocenters. The summed E-state index contributed by atoms with van der Waals surface area (Å²) >= 11 is 0. The van der Waals surface area contributed by atoms with Crippen LogP contribution in [0.25, 0.3) is 0 Å². The van der Waals surface area contributed by atoms with Crippen LogP contribution in [-0.2, 0) is 4.79 Å². The summed E-state index contributed by atoms with van der Waals surface area (Å²) in [6, 6.07) is 10.5. The molecule has 5 rings (SSSR count). The highest BCUT2D eigenvalue weighted by molar-refractivity contribution is 5.89. The van der Waals surface area contributed by atoms with E-state index in [1.54, 1.807) is 6.08 Å². The Morgan fingerprint density at radius 3 is 2.61 bits per heavy atom. The van der Waals surface area contributed by atoms with Crippen molar-refractivity contribution in [3.63, 3.8) is 0 Å². The molecule has 3 saturated carbocycles. The number of amides is 1. The first kappa shape index (κ1) is 18.4. The van der Waals surface area contributed by atoms with Crippen LogP contribution in [0, 0.1) is 34.5 Å². The molecule has 0 unspecified atom stereocenters. The van der Waals surface area contributed by atoms with Crippen LogP contribution in [-0.4, -0.2) is 17.1 Å². The third kappa shape index (κ3) is 2.55. The van der Waals surface area contributed by atoms with Crippen molar-refractivity contribution in [1.82, 2.24) is 5.32 Å². The van der Waals surface area contributed by atoms with Gasteiger partial charge in [0, 0.05) is 11.5 Å². The highest BCUT2D eigenvalue weighted by Crippen LogP contribution is 2.66. The highest BCUT2D eigenvalue weighted by Gasteiger charge is 2.60. The van der Waals surface area contributed by atoms with Crippen molar-refractivity contribution in [3.05, 3.63) is 48.0 Å². The van der Waals surface area contributed by atoms with E-state index >= 15 is 0 Å². The summed E-state index contributed by atoms with van der Waals surface area (Å²) in [5.74, 6) is 2.49. The fraction of sp³-hybridized carbons (Fsp3) is 0.640. The van der Waals surface area contributed by atoms with E-state index in [0.29, 0.717) is 29.7 Å². The number of carbonyl (C=O) groups is 1. The van der Waals surface area contributed by atoms with Crippen molar-refractivity contribution in [2.45, 2.75) is 64.5 Å². The summed E-state index contributed by atoms with van der Waals surface area (Å²) in [5.41, 5.74) is 1.39. The number of nitrogens with one attached hydrogen (secondary N) is 1. The van der Waals surface area contributed by atoms with Gasteiger partial charge in [0.1, 0.15) is 0 Å². The van der Waals surface area contributed by atoms with Gasteiger partial charge in [-0.3, -0.25) is 4.79 Å². The predicted octanol–water partition coefficient (Wildman–Crippen LogP) is 4.63. The Morgan fingerprint density at radius 2 is 1.82 bits per heavy atom. The molecule has 3 heteroatoms. The minimum atomic E-state index is -0.353. The van der Waals surface area contributed by atoms with Gasteiger partial charge >= 0.3 is 0 Å². The summed E-state index contributed by atoms with van der Waals surface area (Å²) in [7, 11) is 0. The topological polar surface area (TPSA) is 49.3 Å². The molecule has 1 heterocycles. The second kappa shape index (κ2) is 6.45. The SMILES string of the molecule is C[C@]12C=CC(=O)N[C@@H]1CC[C@@H]1[C@@H]2CC[C@]2(C)[C@@H]([C@@H](O)c3ccccc3)CC[C@@H]12. The highest BCUT2D eigenvalue weighted by atomic mass is 16.3. The number of fused-ring (bicyclic) bond motifs is 5. The maximum atomic E-state index is 11.9. The van der Waals surface area contributed by atoms with E-state index in [1.165, 1.54) is 25.7 Å². The lowest BCUT2D eigenvalue weighted by Crippen LogP contribution is -2.59. The van der Waals surface area contributed by atoms with Crippen molar-refractivity contribution in [1.29, 1.82) is 0 Å². The molecule has 3 fully saturated rings. The molecule has 0 radical (unpaired) electrons. The van der Waals surface area contributed by atoms with Gasteiger partial charge in [-0.2, -0.15) is 0 Å². The molecule has 1 aromatic rings. The summed E-state index contributed by atoms with van der Waals surface area (Å²) in [6.45, 7) is 4.84. The third-order valence-electron chi connectivity index (χ3n) is 9.28. The largest absolute Gasteiger partial charge is 0.388 e. The molecule has 0 spiro atoms. The van der Waals surface area contributed by atoms with E-state index < -0.39 is 0 Å². The van der Waals surface area contributed by atoms with E-state index in [1.807, 2.05) is 18.2 Å². The number of carbonyl (C=O) groups excluding carboxylic acids is 1. The van der Waals surface area contributed by atoms with Crippen LogP contribution in [0.15, 0.2) is 42.5 Å². The molecule has 1 aliphatic heterocycles. The zero-order valence-electron chi connectivity index (χ0n) is 17.1. The summed E-state index contributed by atoms with van der Waals surface area (Å²) < 4.78 is 0. The van der Waals surface area contributed by atoms with Crippen molar-refractivity contribution >= 4 is 5.91 Å². The fourth-order valence-corrected chi connectivity index (χ4v) is 7.78. The van der Waals surface area contributed by atoms with Gasteiger partial charge in [0.15, 0.2) is 0 Å². The van der Waals surface area contributed by atoms with Gasteiger partial charge in [-0.15, -0.1) is 0 Å². The van der Waals surface area contributed by atoms with Crippen molar-refractivity contribution < 1.29 is 9.90 Å². The second-order valence-electron chi connectivity index (χ2n) is 10.3. The van der Waals surface area contributed by atoms with Gasteiger partial charge in [0.25, 0.3) is 0 Å². The van der Waals surface area contributed by atoms with Crippen molar-refractivity contribution in [3.8, 4) is 0 Å². The Bertz CT molecular complexity index is 789. The van der Waals surface area contributed by atoms with Gasteiger partial charge in [-0.1, -0.05) is 50.3 Å². The van der Waals surface area contributed by atoms with E-state index in [0.717, 1.165) is 18.4 Å². The van der Waals surface area contributed by atoms with Crippen LogP contribution >= 0.6 is 0 Å².